The number of urea groups is 1. The molecule has 5 rings (SSSR count). The molecule has 6 heteroatoms. The molecule has 2 heterocycles. The van der Waals surface area contributed by atoms with Crippen LogP contribution in [-0.2, 0) is 6.54 Å². The van der Waals surface area contributed by atoms with Crippen LogP contribution in [0.15, 0.2) is 72.8 Å². The van der Waals surface area contributed by atoms with Crippen LogP contribution in [0.3, 0.4) is 0 Å². The number of nitrogens with zero attached hydrogens (tertiary/aromatic N) is 1. The molecule has 0 spiro atoms. The number of benzene rings is 3. The lowest BCUT2D eigenvalue weighted by molar-refractivity contribution is 0.179. The molecule has 3 aromatic rings. The van der Waals surface area contributed by atoms with E-state index in [2.05, 4.69) is 11.4 Å². The van der Waals surface area contributed by atoms with Crippen molar-refractivity contribution in [3.8, 4) is 22.6 Å². The Morgan fingerprint density at radius 2 is 1.86 bits per heavy atom. The van der Waals surface area contributed by atoms with Gasteiger partial charge in [0, 0.05) is 18.2 Å². The fourth-order valence-electron chi connectivity index (χ4n) is 5.24. The lowest BCUT2D eigenvalue weighted by Crippen LogP contribution is -2.48. The van der Waals surface area contributed by atoms with Crippen LogP contribution in [0, 0.1) is 5.82 Å². The van der Waals surface area contributed by atoms with Crippen molar-refractivity contribution >= 4 is 11.6 Å². The first-order valence-electron chi connectivity index (χ1n) is 12.5. The topological polar surface area (TPSA) is 50.8 Å². The number of methoxy groups -OCH3 is 1. The molecule has 2 unspecified atom stereocenters. The van der Waals surface area contributed by atoms with E-state index in [1.165, 1.54) is 0 Å². The average molecular weight is 487 g/mol. The lowest BCUT2D eigenvalue weighted by atomic mass is 9.93. The fourth-order valence-corrected chi connectivity index (χ4v) is 5.24. The summed E-state index contributed by atoms with van der Waals surface area (Å²) in [5.74, 6) is 1.27. The lowest BCUT2D eigenvalue weighted by Gasteiger charge is -2.34. The second kappa shape index (κ2) is 10.4. The van der Waals surface area contributed by atoms with Crippen LogP contribution in [-0.4, -0.2) is 36.7 Å². The third-order valence-electron chi connectivity index (χ3n) is 7.03. The number of carbonyl (C=O) groups excluding carboxylic acids is 1. The van der Waals surface area contributed by atoms with Crippen LogP contribution in [0.4, 0.5) is 9.18 Å². The highest BCUT2D eigenvalue weighted by Gasteiger charge is 2.39. The van der Waals surface area contributed by atoms with Crippen LogP contribution in [0.25, 0.3) is 16.7 Å². The molecule has 2 aliphatic heterocycles. The Morgan fingerprint density at radius 1 is 1.03 bits per heavy atom. The largest absolute Gasteiger partial charge is 0.497 e. The summed E-state index contributed by atoms with van der Waals surface area (Å²) in [5.41, 5.74) is 4.36. The van der Waals surface area contributed by atoms with E-state index in [0.717, 1.165) is 53.0 Å². The maximum Gasteiger partial charge on any atom is 0.318 e. The predicted molar refractivity (Wildman–Crippen MR) is 139 cm³/mol. The van der Waals surface area contributed by atoms with Gasteiger partial charge in [0.1, 0.15) is 17.3 Å². The number of fused-ring (bicyclic) bond motifs is 2. The van der Waals surface area contributed by atoms with Gasteiger partial charge >= 0.3 is 6.03 Å². The zero-order valence-electron chi connectivity index (χ0n) is 20.7. The Morgan fingerprint density at radius 3 is 2.58 bits per heavy atom. The monoisotopic (exact) mass is 486 g/mol. The summed E-state index contributed by atoms with van der Waals surface area (Å²) in [6, 6.07) is 20.7. The summed E-state index contributed by atoms with van der Waals surface area (Å²) < 4.78 is 25.9. The van der Waals surface area contributed by atoms with Gasteiger partial charge in [0.05, 0.1) is 19.8 Å². The Labute approximate surface area is 211 Å². The highest BCUT2D eigenvalue weighted by Crippen LogP contribution is 2.39. The molecule has 2 amide bonds. The summed E-state index contributed by atoms with van der Waals surface area (Å²) in [6.45, 7) is 2.96. The van der Waals surface area contributed by atoms with Crippen molar-refractivity contribution in [2.45, 2.75) is 44.8 Å². The van der Waals surface area contributed by atoms with Gasteiger partial charge < -0.3 is 19.7 Å². The van der Waals surface area contributed by atoms with Crippen molar-refractivity contribution in [1.82, 2.24) is 10.2 Å². The number of amides is 2. The zero-order valence-corrected chi connectivity index (χ0v) is 20.7. The average Bonchev–Trinajstić information content (AvgIpc) is 3.17. The molecule has 0 aliphatic carbocycles. The van der Waals surface area contributed by atoms with E-state index in [4.69, 9.17) is 9.47 Å². The van der Waals surface area contributed by atoms with E-state index in [9.17, 15) is 4.79 Å². The molecule has 1 N–H and O–H groups in total. The standard InChI is InChI=1S/C30H31FN2O3/c1-3-36-27-6-4-5-22(17-27)28-14-9-21(18-29(28)31)23-15-24-10-11-25(16-23)33(24)30(34)32-19-20-7-12-26(35-2)13-8-20/h4-9,12-15,17-18,24-25H,3,10-11,16,19H2,1-2H3,(H,32,34). The van der Waals surface area contributed by atoms with Gasteiger partial charge in [-0.1, -0.05) is 42.5 Å². The van der Waals surface area contributed by atoms with Crippen LogP contribution in [0.5, 0.6) is 11.5 Å². The van der Waals surface area contributed by atoms with Crippen molar-refractivity contribution in [3.63, 3.8) is 0 Å². The van der Waals surface area contributed by atoms with E-state index in [0.29, 0.717) is 18.7 Å². The minimum Gasteiger partial charge on any atom is -0.497 e. The summed E-state index contributed by atoms with van der Waals surface area (Å²) in [6.07, 6.45) is 4.74. The molecule has 2 aliphatic rings. The molecule has 1 fully saturated rings. The van der Waals surface area contributed by atoms with Crippen LogP contribution >= 0.6 is 0 Å². The van der Waals surface area contributed by atoms with E-state index in [1.807, 2.05) is 72.5 Å². The highest BCUT2D eigenvalue weighted by atomic mass is 19.1. The highest BCUT2D eigenvalue weighted by molar-refractivity contribution is 5.79. The fraction of sp³-hybridized carbons (Fsp3) is 0.300. The SMILES string of the molecule is CCOc1cccc(-c2ccc(C3=CC4CCC(C3)N4C(=O)NCc3ccc(OC)cc3)cc2F)c1. The maximum atomic E-state index is 15.2. The summed E-state index contributed by atoms with van der Waals surface area (Å²) in [7, 11) is 1.63. The van der Waals surface area contributed by atoms with Crippen LogP contribution in [0.2, 0.25) is 0 Å². The van der Waals surface area contributed by atoms with Gasteiger partial charge in [0.2, 0.25) is 0 Å². The normalized spacial score (nSPS) is 18.5. The van der Waals surface area contributed by atoms with E-state index >= 15 is 4.39 Å². The third kappa shape index (κ3) is 4.94. The predicted octanol–water partition coefficient (Wildman–Crippen LogP) is 6.43. The Kier molecular flexibility index (Phi) is 6.94. The molecular weight excluding hydrogens is 455 g/mol. The number of rotatable bonds is 7. The number of hydrogen-bond acceptors (Lipinski definition) is 3. The van der Waals surface area contributed by atoms with Gasteiger partial charge in [-0.25, -0.2) is 9.18 Å². The van der Waals surface area contributed by atoms with Crippen molar-refractivity contribution in [2.24, 2.45) is 0 Å². The molecule has 2 bridgehead atoms. The van der Waals surface area contributed by atoms with Gasteiger partial charge in [-0.3, -0.25) is 0 Å². The number of ether oxygens (including phenoxy) is 2. The molecule has 3 aromatic carbocycles. The van der Waals surface area contributed by atoms with Gasteiger partial charge in [-0.05, 0) is 78.8 Å². The van der Waals surface area contributed by atoms with E-state index < -0.39 is 0 Å². The van der Waals surface area contributed by atoms with Gasteiger partial charge in [-0.15, -0.1) is 0 Å². The Bertz CT molecular complexity index is 1270. The van der Waals surface area contributed by atoms with E-state index in [1.54, 1.807) is 13.2 Å². The number of halogens is 1. The molecule has 2 atom stereocenters. The van der Waals surface area contributed by atoms with E-state index in [-0.39, 0.29) is 23.9 Å². The minimum absolute atomic E-state index is 0.0280. The number of carbonyl (C=O) groups is 1. The smallest absolute Gasteiger partial charge is 0.318 e. The molecule has 0 saturated carbocycles. The molecule has 0 radical (unpaired) electrons. The second-order valence-electron chi connectivity index (χ2n) is 9.26. The number of nitrogens with one attached hydrogen (secondary N) is 1. The molecule has 36 heavy (non-hydrogen) atoms. The van der Waals surface area contributed by atoms with Gasteiger partial charge in [0.25, 0.3) is 0 Å². The summed E-state index contributed by atoms with van der Waals surface area (Å²) in [5, 5.41) is 3.06. The number of hydrogen-bond donors (Lipinski definition) is 1. The first-order chi connectivity index (χ1) is 17.6. The minimum atomic E-state index is -0.256. The molecule has 5 nitrogen and oxygen atoms in total. The van der Waals surface area contributed by atoms with Crippen molar-refractivity contribution in [3.05, 3.63) is 89.8 Å². The van der Waals surface area contributed by atoms with Gasteiger partial charge in [-0.2, -0.15) is 0 Å². The summed E-state index contributed by atoms with van der Waals surface area (Å²) >= 11 is 0. The van der Waals surface area contributed by atoms with Gasteiger partial charge in [0.15, 0.2) is 0 Å². The summed E-state index contributed by atoms with van der Waals surface area (Å²) in [4.78, 5) is 15.0. The van der Waals surface area contributed by atoms with Crippen molar-refractivity contribution < 1.29 is 18.7 Å². The quantitative estimate of drug-likeness (QED) is 0.419. The van der Waals surface area contributed by atoms with Crippen LogP contribution in [0.1, 0.15) is 37.3 Å². The Hall–Kier alpha value is -3.80. The first kappa shape index (κ1) is 23.9. The molecule has 186 valence electrons. The first-order valence-corrected chi connectivity index (χ1v) is 12.5. The van der Waals surface area contributed by atoms with Crippen molar-refractivity contribution in [2.75, 3.05) is 13.7 Å². The Balaban J connectivity index is 1.28. The van der Waals surface area contributed by atoms with Crippen molar-refractivity contribution in [1.29, 1.82) is 0 Å². The molecule has 0 aromatic heterocycles. The second-order valence-corrected chi connectivity index (χ2v) is 9.26. The maximum absolute atomic E-state index is 15.2. The third-order valence-corrected chi connectivity index (χ3v) is 7.03. The zero-order chi connectivity index (χ0) is 25.1. The molecular formula is C30H31FN2O3. The molecule has 1 saturated heterocycles. The van der Waals surface area contributed by atoms with Crippen LogP contribution < -0.4 is 14.8 Å².